The molecule has 0 radical (unpaired) electrons. The highest BCUT2D eigenvalue weighted by Crippen LogP contribution is 2.53. The number of carbonyl (C=O) groups excluding carboxylic acids is 2. The minimum absolute atomic E-state index is 0.225. The SMILES string of the molecule is CCCCCCCC(=O)Oc1c(OCCCCCC)c(OCCCCCC)c(OC(=O)CCC)c2c(Cl)cccc12. The lowest BCUT2D eigenvalue weighted by molar-refractivity contribution is -0.135. The fourth-order valence-corrected chi connectivity index (χ4v) is 4.92. The molecule has 0 saturated heterocycles. The van der Waals surface area contributed by atoms with Gasteiger partial charge in [0.2, 0.25) is 11.5 Å². The summed E-state index contributed by atoms with van der Waals surface area (Å²) >= 11 is 6.72. The van der Waals surface area contributed by atoms with Crippen molar-refractivity contribution in [3.8, 4) is 23.0 Å². The predicted octanol–water partition coefficient (Wildman–Crippen LogP) is 10.4. The van der Waals surface area contributed by atoms with Gasteiger partial charge in [-0.3, -0.25) is 9.59 Å². The second kappa shape index (κ2) is 20.4. The summed E-state index contributed by atoms with van der Waals surface area (Å²) in [6.45, 7) is 9.24. The number of esters is 2. The van der Waals surface area contributed by atoms with E-state index in [9.17, 15) is 9.59 Å². The van der Waals surface area contributed by atoms with Crippen LogP contribution < -0.4 is 18.9 Å². The third-order valence-corrected chi connectivity index (χ3v) is 7.28. The minimum Gasteiger partial charge on any atom is -0.486 e. The Morgan fingerprint density at radius 2 is 1.10 bits per heavy atom. The fourth-order valence-electron chi connectivity index (χ4n) is 4.66. The van der Waals surface area contributed by atoms with Gasteiger partial charge in [-0.2, -0.15) is 0 Å². The number of rotatable bonds is 22. The van der Waals surface area contributed by atoms with Gasteiger partial charge in [-0.05, 0) is 31.7 Å². The molecule has 0 aliphatic heterocycles. The number of carbonyl (C=O) groups is 2. The monoisotopic (exact) mass is 590 g/mol. The van der Waals surface area contributed by atoms with Crippen molar-refractivity contribution in [2.45, 2.75) is 130 Å². The lowest BCUT2D eigenvalue weighted by Crippen LogP contribution is -2.14. The Labute approximate surface area is 252 Å². The number of ether oxygens (including phenoxy) is 4. The zero-order valence-electron chi connectivity index (χ0n) is 25.8. The second-order valence-corrected chi connectivity index (χ2v) is 11.1. The quantitative estimate of drug-likeness (QED) is 0.0771. The van der Waals surface area contributed by atoms with E-state index >= 15 is 0 Å². The molecule has 7 heteroatoms. The van der Waals surface area contributed by atoms with Gasteiger partial charge in [-0.15, -0.1) is 0 Å². The maximum atomic E-state index is 13.1. The number of hydrogen-bond acceptors (Lipinski definition) is 6. The zero-order valence-corrected chi connectivity index (χ0v) is 26.5. The van der Waals surface area contributed by atoms with Crippen LogP contribution in [0, 0.1) is 0 Å². The van der Waals surface area contributed by atoms with Gasteiger partial charge in [-0.25, -0.2) is 0 Å². The van der Waals surface area contributed by atoms with Crippen LogP contribution in [0.25, 0.3) is 10.8 Å². The van der Waals surface area contributed by atoms with E-state index in [1.165, 1.54) is 0 Å². The third kappa shape index (κ3) is 11.7. The molecule has 0 saturated carbocycles. The maximum Gasteiger partial charge on any atom is 0.311 e. The zero-order chi connectivity index (χ0) is 29.9. The average Bonchev–Trinajstić information content (AvgIpc) is 2.95. The van der Waals surface area contributed by atoms with E-state index in [0.717, 1.165) is 83.5 Å². The van der Waals surface area contributed by atoms with Gasteiger partial charge in [0.05, 0.1) is 23.6 Å². The van der Waals surface area contributed by atoms with Crippen LogP contribution >= 0.6 is 11.6 Å². The summed E-state index contributed by atoms with van der Waals surface area (Å²) in [5, 5.41) is 1.41. The van der Waals surface area contributed by atoms with Crippen molar-refractivity contribution in [3.05, 3.63) is 23.2 Å². The highest BCUT2D eigenvalue weighted by atomic mass is 35.5. The molecule has 0 heterocycles. The molecular weight excluding hydrogens is 540 g/mol. The molecule has 2 aromatic rings. The molecule has 2 aromatic carbocycles. The lowest BCUT2D eigenvalue weighted by atomic mass is 10.1. The van der Waals surface area contributed by atoms with Gasteiger partial charge < -0.3 is 18.9 Å². The van der Waals surface area contributed by atoms with Crippen molar-refractivity contribution in [3.63, 3.8) is 0 Å². The van der Waals surface area contributed by atoms with E-state index < -0.39 is 0 Å². The molecule has 230 valence electrons. The molecule has 0 bridgehead atoms. The Bertz CT molecular complexity index is 1070. The maximum absolute atomic E-state index is 13.1. The number of benzene rings is 2. The van der Waals surface area contributed by atoms with Crippen molar-refractivity contribution in [1.82, 2.24) is 0 Å². The van der Waals surface area contributed by atoms with Gasteiger partial charge in [-0.1, -0.05) is 116 Å². The number of unbranched alkanes of at least 4 members (excludes halogenated alkanes) is 10. The first-order valence-corrected chi connectivity index (χ1v) is 16.3. The molecule has 0 fully saturated rings. The van der Waals surface area contributed by atoms with E-state index in [4.69, 9.17) is 30.5 Å². The van der Waals surface area contributed by atoms with Gasteiger partial charge >= 0.3 is 11.9 Å². The molecule has 41 heavy (non-hydrogen) atoms. The highest BCUT2D eigenvalue weighted by molar-refractivity contribution is 6.36. The largest absolute Gasteiger partial charge is 0.486 e. The first-order valence-electron chi connectivity index (χ1n) is 15.9. The summed E-state index contributed by atoms with van der Waals surface area (Å²) in [4.78, 5) is 25.9. The van der Waals surface area contributed by atoms with E-state index in [1.807, 2.05) is 13.0 Å². The summed E-state index contributed by atoms with van der Waals surface area (Å²) < 4.78 is 24.7. The topological polar surface area (TPSA) is 71.1 Å². The van der Waals surface area contributed by atoms with E-state index in [-0.39, 0.29) is 35.6 Å². The molecular formula is C34H51ClO6. The Morgan fingerprint density at radius 1 is 0.585 bits per heavy atom. The van der Waals surface area contributed by atoms with E-state index in [0.29, 0.717) is 47.6 Å². The van der Waals surface area contributed by atoms with Crippen LogP contribution in [0.2, 0.25) is 5.02 Å². The standard InChI is InChI=1S/C34H51ClO6/c1-5-9-12-15-16-23-29(37)40-31-26-21-19-22-27(35)30(26)32(41-28(36)20-8-4)34(39-25-18-14-11-7-3)33(31)38-24-17-13-10-6-2/h19,21-22H,5-18,20,23-25H2,1-4H3. The molecule has 0 spiro atoms. The van der Waals surface area contributed by atoms with Crippen LogP contribution in [-0.2, 0) is 9.59 Å². The summed E-state index contributed by atoms with van der Waals surface area (Å²) in [7, 11) is 0. The number of halogens is 1. The second-order valence-electron chi connectivity index (χ2n) is 10.7. The van der Waals surface area contributed by atoms with Crippen LogP contribution in [0.15, 0.2) is 18.2 Å². The molecule has 0 aliphatic rings. The first kappa shape index (κ1) is 34.7. The van der Waals surface area contributed by atoms with Crippen LogP contribution in [0.3, 0.4) is 0 Å². The molecule has 6 nitrogen and oxygen atoms in total. The van der Waals surface area contributed by atoms with Crippen molar-refractivity contribution in [2.75, 3.05) is 13.2 Å². The van der Waals surface area contributed by atoms with Gasteiger partial charge in [0.15, 0.2) is 11.5 Å². The van der Waals surface area contributed by atoms with Crippen molar-refractivity contribution in [2.24, 2.45) is 0 Å². The highest BCUT2D eigenvalue weighted by Gasteiger charge is 2.29. The molecule has 0 aliphatic carbocycles. The Morgan fingerprint density at radius 3 is 1.68 bits per heavy atom. The van der Waals surface area contributed by atoms with E-state index in [2.05, 4.69) is 20.8 Å². The Hall–Kier alpha value is -2.47. The fraction of sp³-hybridized carbons (Fsp3) is 0.647. The number of hydrogen-bond donors (Lipinski definition) is 0. The van der Waals surface area contributed by atoms with Gasteiger partial charge in [0.25, 0.3) is 0 Å². The van der Waals surface area contributed by atoms with Crippen molar-refractivity contribution < 1.29 is 28.5 Å². The first-order chi connectivity index (χ1) is 20.0. The van der Waals surface area contributed by atoms with Crippen molar-refractivity contribution >= 4 is 34.3 Å². The van der Waals surface area contributed by atoms with E-state index in [1.54, 1.807) is 12.1 Å². The predicted molar refractivity (Wildman–Crippen MR) is 168 cm³/mol. The van der Waals surface area contributed by atoms with Crippen molar-refractivity contribution in [1.29, 1.82) is 0 Å². The number of fused-ring (bicyclic) bond motifs is 1. The normalized spacial score (nSPS) is 11.0. The molecule has 0 amide bonds. The van der Waals surface area contributed by atoms with Gasteiger partial charge in [0, 0.05) is 18.2 Å². The van der Waals surface area contributed by atoms with Crippen LogP contribution in [-0.4, -0.2) is 25.2 Å². The van der Waals surface area contributed by atoms with Crippen LogP contribution in [0.5, 0.6) is 23.0 Å². The summed E-state index contributed by atoms with van der Waals surface area (Å²) in [5.41, 5.74) is 0. The van der Waals surface area contributed by atoms with Crippen LogP contribution in [0.1, 0.15) is 130 Å². The molecule has 0 atom stereocenters. The van der Waals surface area contributed by atoms with Crippen LogP contribution in [0.4, 0.5) is 0 Å². The molecule has 0 N–H and O–H groups in total. The molecule has 0 aromatic heterocycles. The Balaban J connectivity index is 2.58. The molecule has 2 rings (SSSR count). The smallest absolute Gasteiger partial charge is 0.311 e. The summed E-state index contributed by atoms with van der Waals surface area (Å²) in [5.74, 6) is 0.356. The average molecular weight is 591 g/mol. The lowest BCUT2D eigenvalue weighted by Gasteiger charge is -2.22. The Kier molecular flexibility index (Phi) is 17.3. The minimum atomic E-state index is -0.379. The third-order valence-electron chi connectivity index (χ3n) is 6.96. The summed E-state index contributed by atoms with van der Waals surface area (Å²) in [6, 6.07) is 5.34. The molecule has 0 unspecified atom stereocenters. The summed E-state index contributed by atoms with van der Waals surface area (Å²) in [6.07, 6.45) is 14.5. The van der Waals surface area contributed by atoms with Gasteiger partial charge in [0.1, 0.15) is 0 Å².